The van der Waals surface area contributed by atoms with Crippen molar-refractivity contribution in [3.05, 3.63) is 0 Å². The summed E-state index contributed by atoms with van der Waals surface area (Å²) in [5.41, 5.74) is 0. The first-order valence-electron chi connectivity index (χ1n) is 13.1. The van der Waals surface area contributed by atoms with Crippen molar-refractivity contribution in [2.75, 3.05) is 56.5 Å². The summed E-state index contributed by atoms with van der Waals surface area (Å²) in [7, 11) is -10.8. The average molecular weight is 743 g/mol. The molecule has 0 radical (unpaired) electrons. The molecule has 0 aromatic heterocycles. The van der Waals surface area contributed by atoms with Crippen LogP contribution in [0.25, 0.3) is 0 Å². The van der Waals surface area contributed by atoms with Crippen LogP contribution in [-0.2, 0) is 55.7 Å². The zero-order chi connectivity index (χ0) is 34.9. The smallest absolute Gasteiger partial charge is 0.218 e. The van der Waals surface area contributed by atoms with Gasteiger partial charge < -0.3 is 70.0 Å². The van der Waals surface area contributed by atoms with E-state index in [1.807, 2.05) is 0 Å². The third-order valence-electron chi connectivity index (χ3n) is 6.94. The molecule has 24 heteroatoms. The zero-order valence-electron chi connectivity index (χ0n) is 23.8. The molecular weight excluding hydrogens is 700 g/mol. The Balaban J connectivity index is 0.000000450. The summed E-state index contributed by atoms with van der Waals surface area (Å²) in [4.78, 5) is 0. The highest BCUT2D eigenvalue weighted by atomic mass is 32.3. The van der Waals surface area contributed by atoms with Gasteiger partial charge in [0.2, 0.25) is 20.8 Å². The maximum atomic E-state index is 10.8. The molecule has 0 bridgehead atoms. The molecule has 2 aliphatic heterocycles. The van der Waals surface area contributed by atoms with Gasteiger partial charge in [0.05, 0.1) is 26.4 Å². The number of rotatable bonds is 17. The molecule has 270 valence electrons. The van der Waals surface area contributed by atoms with Gasteiger partial charge in [-0.05, 0) is 0 Å². The maximum Gasteiger partial charge on any atom is 0.218 e. The first-order valence-corrected chi connectivity index (χ1v) is 19.0. The highest BCUT2D eigenvalue weighted by molar-refractivity contribution is 7.98. The minimum Gasteiger partial charge on any atom is -0.726 e. The van der Waals surface area contributed by atoms with E-state index in [0.29, 0.717) is 0 Å². The van der Waals surface area contributed by atoms with Gasteiger partial charge in [0.1, 0.15) is 84.1 Å². The van der Waals surface area contributed by atoms with Gasteiger partial charge in [-0.3, -0.25) is 8.37 Å². The van der Waals surface area contributed by atoms with Crippen molar-refractivity contribution in [3.8, 4) is 0 Å². The van der Waals surface area contributed by atoms with Gasteiger partial charge in [-0.15, -0.1) is 0 Å². The van der Waals surface area contributed by atoms with Crippen LogP contribution >= 0.6 is 0 Å². The standard InChI is InChI=1S/C11H22O10S2.C10H20O10S2/c1-20-8(11(6(14)2-12)21-23(17,18)19)5-22-4-7(15)10(16)9(22)3-13;11-1-5(13)10(20-22(17,18)19)7(15)4-21-3-6(14)9(16)8(21)2-12/h6-16H,2-5H2,1H3;5-16H,1-4H2/t6-,7-,8-,9-,10+,11+,22?;5-,6-,7-,8-,9+,10+,21?/m11/s1. The van der Waals surface area contributed by atoms with Crippen LogP contribution in [0, 0.1) is 0 Å². The SMILES string of the molecule is CO[C@H](C[S+]1C[C@@H](O)[C@H](O)[C@H]1CO)[C@@H](OS(=O)(=O)[O-])[C@H](O)CO.O=S(=O)([O-])O[C@@H]([C@H](O)CO)[C@H](O)C[S+]1C[C@@H](O)[C@H](O)[C@H]1CO. The molecule has 14 atom stereocenters. The van der Waals surface area contributed by atoms with Crippen molar-refractivity contribution in [2.24, 2.45) is 0 Å². The fraction of sp³-hybridized carbons (Fsp3) is 1.00. The van der Waals surface area contributed by atoms with Crippen LogP contribution in [0.4, 0.5) is 0 Å². The largest absolute Gasteiger partial charge is 0.726 e. The van der Waals surface area contributed by atoms with Crippen molar-refractivity contribution >= 4 is 42.6 Å². The van der Waals surface area contributed by atoms with Crippen LogP contribution < -0.4 is 0 Å². The van der Waals surface area contributed by atoms with Crippen LogP contribution in [-0.4, -0.2) is 210 Å². The van der Waals surface area contributed by atoms with E-state index in [-0.39, 0.29) is 23.0 Å². The lowest BCUT2D eigenvalue weighted by Gasteiger charge is -2.29. The second-order valence-electron chi connectivity index (χ2n) is 10.1. The van der Waals surface area contributed by atoms with Crippen LogP contribution in [0.3, 0.4) is 0 Å². The number of aliphatic hydroxyl groups excluding tert-OH is 11. The summed E-state index contributed by atoms with van der Waals surface area (Å²) in [6, 6.07) is 0. The Kier molecular flexibility index (Phi) is 18.4. The average Bonchev–Trinajstić information content (AvgIpc) is 3.38. The molecule has 0 aromatic carbocycles. The Hall–Kier alpha value is -0.0400. The van der Waals surface area contributed by atoms with Crippen molar-refractivity contribution < 1.29 is 95.2 Å². The van der Waals surface area contributed by atoms with Gasteiger partial charge >= 0.3 is 0 Å². The molecule has 2 rings (SSSR count). The number of hydrogen-bond donors (Lipinski definition) is 11. The molecule has 0 spiro atoms. The van der Waals surface area contributed by atoms with E-state index in [4.69, 9.17) is 14.9 Å². The minimum absolute atomic E-state index is 0.0209. The molecule has 0 aliphatic carbocycles. The Bertz CT molecular complexity index is 1070. The second-order valence-corrected chi connectivity index (χ2v) is 16.8. The molecule has 2 fully saturated rings. The monoisotopic (exact) mass is 742 g/mol. The molecule has 0 aromatic rings. The van der Waals surface area contributed by atoms with E-state index >= 15 is 0 Å². The van der Waals surface area contributed by atoms with E-state index in [1.54, 1.807) is 0 Å². The fourth-order valence-corrected chi connectivity index (χ4v) is 11.2. The van der Waals surface area contributed by atoms with Gasteiger partial charge in [0.15, 0.2) is 10.5 Å². The summed E-state index contributed by atoms with van der Waals surface area (Å²) >= 11 is 0. The van der Waals surface area contributed by atoms with E-state index in [2.05, 4.69) is 8.37 Å². The lowest BCUT2D eigenvalue weighted by Crippen LogP contribution is -2.48. The second kappa shape index (κ2) is 19.2. The van der Waals surface area contributed by atoms with E-state index < -0.39 is 141 Å². The summed E-state index contributed by atoms with van der Waals surface area (Å²) < 4.78 is 77.7. The predicted molar refractivity (Wildman–Crippen MR) is 152 cm³/mol. The van der Waals surface area contributed by atoms with Crippen LogP contribution in [0.2, 0.25) is 0 Å². The zero-order valence-corrected chi connectivity index (χ0v) is 27.1. The summed E-state index contributed by atoms with van der Waals surface area (Å²) in [6.07, 6.45) is -14.2. The Morgan fingerprint density at radius 1 is 0.689 bits per heavy atom. The maximum absolute atomic E-state index is 10.8. The van der Waals surface area contributed by atoms with Crippen molar-refractivity contribution in [1.29, 1.82) is 0 Å². The Labute approximate surface area is 265 Å². The number of aliphatic hydroxyl groups is 11. The van der Waals surface area contributed by atoms with Gasteiger partial charge in [-0.1, -0.05) is 0 Å². The van der Waals surface area contributed by atoms with E-state index in [0.717, 1.165) is 0 Å². The van der Waals surface area contributed by atoms with Crippen LogP contribution in [0.5, 0.6) is 0 Å². The normalized spacial score (nSPS) is 33.1. The Morgan fingerprint density at radius 3 is 1.42 bits per heavy atom. The van der Waals surface area contributed by atoms with Gasteiger partial charge in [-0.25, -0.2) is 16.8 Å². The topological polar surface area (TPSA) is 365 Å². The highest BCUT2D eigenvalue weighted by Gasteiger charge is 2.52. The molecular formula is C21H42O20S4. The molecule has 0 saturated carbocycles. The van der Waals surface area contributed by atoms with E-state index in [1.165, 1.54) is 7.11 Å². The molecule has 20 nitrogen and oxygen atoms in total. The third-order valence-corrected chi connectivity index (χ3v) is 13.5. The summed E-state index contributed by atoms with van der Waals surface area (Å²) in [6.45, 7) is -2.66. The fourth-order valence-electron chi connectivity index (χ4n) is 4.64. The molecule has 11 N–H and O–H groups in total. The number of ether oxygens (including phenoxy) is 1. The number of methoxy groups -OCH3 is 1. The van der Waals surface area contributed by atoms with Crippen molar-refractivity contribution in [2.45, 2.75) is 71.5 Å². The molecule has 0 amide bonds. The first kappa shape index (κ1) is 43.0. The molecule has 2 aliphatic rings. The summed E-state index contributed by atoms with van der Waals surface area (Å²) in [5.74, 6) is 0.0114. The third kappa shape index (κ3) is 13.4. The lowest BCUT2D eigenvalue weighted by atomic mass is 10.1. The highest BCUT2D eigenvalue weighted by Crippen LogP contribution is 2.27. The quantitative estimate of drug-likeness (QED) is 0.0374. The van der Waals surface area contributed by atoms with Gasteiger partial charge in [0.25, 0.3) is 0 Å². The molecule has 2 unspecified atom stereocenters. The van der Waals surface area contributed by atoms with E-state index in [9.17, 15) is 71.9 Å². The van der Waals surface area contributed by atoms with Gasteiger partial charge in [0, 0.05) is 28.9 Å². The Morgan fingerprint density at radius 2 is 1.07 bits per heavy atom. The molecule has 2 heterocycles. The predicted octanol–water partition coefficient (Wildman–Crippen LogP) is -8.82. The first-order chi connectivity index (χ1) is 20.7. The summed E-state index contributed by atoms with van der Waals surface area (Å²) in [5, 5.41) is 103. The van der Waals surface area contributed by atoms with Gasteiger partial charge in [-0.2, -0.15) is 0 Å². The minimum atomic E-state index is -5.22. The van der Waals surface area contributed by atoms with Crippen molar-refractivity contribution in [3.63, 3.8) is 0 Å². The van der Waals surface area contributed by atoms with Crippen LogP contribution in [0.15, 0.2) is 0 Å². The molecule has 45 heavy (non-hydrogen) atoms. The van der Waals surface area contributed by atoms with Crippen LogP contribution in [0.1, 0.15) is 0 Å². The number of hydrogen-bond acceptors (Lipinski definition) is 20. The molecule has 2 saturated heterocycles. The lowest BCUT2D eigenvalue weighted by molar-refractivity contribution is -0.0699. The van der Waals surface area contributed by atoms with Crippen molar-refractivity contribution in [1.82, 2.24) is 0 Å².